The van der Waals surface area contributed by atoms with Gasteiger partial charge in [-0.1, -0.05) is 6.07 Å². The number of rotatable bonds is 2. The SMILES string of the molecule is Ic1cccc(NC2CCCOC2)c1. The minimum absolute atomic E-state index is 0.488. The van der Waals surface area contributed by atoms with E-state index in [0.29, 0.717) is 6.04 Å². The van der Waals surface area contributed by atoms with Crippen LogP contribution in [0.5, 0.6) is 0 Å². The van der Waals surface area contributed by atoms with Crippen molar-refractivity contribution in [3.8, 4) is 0 Å². The van der Waals surface area contributed by atoms with Gasteiger partial charge in [0.2, 0.25) is 0 Å². The van der Waals surface area contributed by atoms with Gasteiger partial charge in [0.05, 0.1) is 6.61 Å². The highest BCUT2D eigenvalue weighted by atomic mass is 127. The van der Waals surface area contributed by atoms with Crippen LogP contribution in [0.1, 0.15) is 12.8 Å². The molecule has 1 unspecified atom stereocenters. The summed E-state index contributed by atoms with van der Waals surface area (Å²) in [6.07, 6.45) is 2.38. The summed E-state index contributed by atoms with van der Waals surface area (Å²) in [7, 11) is 0. The van der Waals surface area contributed by atoms with Crippen molar-refractivity contribution in [3.05, 3.63) is 27.8 Å². The minimum atomic E-state index is 0.488. The standard InChI is InChI=1S/C11H14INO/c12-9-3-1-4-10(7-9)13-11-5-2-6-14-8-11/h1,3-4,7,11,13H,2,5-6,8H2. The van der Waals surface area contributed by atoms with Gasteiger partial charge in [-0.3, -0.25) is 0 Å². The van der Waals surface area contributed by atoms with Crippen molar-refractivity contribution in [2.75, 3.05) is 18.5 Å². The molecule has 0 radical (unpaired) electrons. The molecule has 3 heteroatoms. The van der Waals surface area contributed by atoms with Crippen LogP contribution in [0.15, 0.2) is 24.3 Å². The van der Waals surface area contributed by atoms with E-state index in [1.165, 1.54) is 22.1 Å². The van der Waals surface area contributed by atoms with Crippen molar-refractivity contribution in [2.45, 2.75) is 18.9 Å². The minimum Gasteiger partial charge on any atom is -0.380 e. The van der Waals surface area contributed by atoms with Gasteiger partial charge in [-0.15, -0.1) is 0 Å². The first kappa shape index (κ1) is 10.2. The maximum Gasteiger partial charge on any atom is 0.0667 e. The molecule has 0 amide bonds. The molecule has 0 aliphatic carbocycles. The van der Waals surface area contributed by atoms with Crippen LogP contribution in [-0.2, 0) is 4.74 Å². The molecule has 1 N–H and O–H groups in total. The van der Waals surface area contributed by atoms with Gasteiger partial charge in [0, 0.05) is 21.9 Å². The van der Waals surface area contributed by atoms with Crippen molar-refractivity contribution >= 4 is 28.3 Å². The third kappa shape index (κ3) is 2.85. The van der Waals surface area contributed by atoms with Crippen LogP contribution >= 0.6 is 22.6 Å². The molecule has 1 aromatic rings. The summed E-state index contributed by atoms with van der Waals surface area (Å²) in [5, 5.41) is 3.49. The summed E-state index contributed by atoms with van der Waals surface area (Å²) in [6, 6.07) is 8.94. The van der Waals surface area contributed by atoms with Gasteiger partial charge in [-0.2, -0.15) is 0 Å². The fourth-order valence-electron chi connectivity index (χ4n) is 1.67. The van der Waals surface area contributed by atoms with Gasteiger partial charge in [0.15, 0.2) is 0 Å². The zero-order valence-electron chi connectivity index (χ0n) is 8.00. The topological polar surface area (TPSA) is 21.3 Å². The number of ether oxygens (including phenoxy) is 1. The van der Waals surface area contributed by atoms with Crippen LogP contribution < -0.4 is 5.32 Å². The molecule has 14 heavy (non-hydrogen) atoms. The van der Waals surface area contributed by atoms with E-state index in [1.54, 1.807) is 0 Å². The number of nitrogens with one attached hydrogen (secondary N) is 1. The van der Waals surface area contributed by atoms with Crippen LogP contribution in [0.4, 0.5) is 5.69 Å². The van der Waals surface area contributed by atoms with Crippen LogP contribution in [0.3, 0.4) is 0 Å². The predicted molar refractivity (Wildman–Crippen MR) is 66.6 cm³/mol. The van der Waals surface area contributed by atoms with Gasteiger partial charge >= 0.3 is 0 Å². The molecule has 1 aliphatic rings. The van der Waals surface area contributed by atoms with Crippen molar-refractivity contribution in [1.82, 2.24) is 0 Å². The summed E-state index contributed by atoms with van der Waals surface area (Å²) in [5.74, 6) is 0. The average molecular weight is 303 g/mol. The number of halogens is 1. The van der Waals surface area contributed by atoms with E-state index in [4.69, 9.17) is 4.74 Å². The van der Waals surface area contributed by atoms with Gasteiger partial charge in [0.25, 0.3) is 0 Å². The van der Waals surface area contributed by atoms with E-state index in [2.05, 4.69) is 52.2 Å². The molecule has 1 fully saturated rings. The van der Waals surface area contributed by atoms with E-state index in [9.17, 15) is 0 Å². The number of hydrogen-bond acceptors (Lipinski definition) is 2. The number of benzene rings is 1. The Labute approximate surface area is 98.2 Å². The van der Waals surface area contributed by atoms with Gasteiger partial charge in [-0.25, -0.2) is 0 Å². The predicted octanol–water partition coefficient (Wildman–Crippen LogP) is 2.88. The normalized spacial score (nSPS) is 21.9. The molecular weight excluding hydrogens is 289 g/mol. The van der Waals surface area contributed by atoms with Crippen molar-refractivity contribution < 1.29 is 4.74 Å². The summed E-state index contributed by atoms with van der Waals surface area (Å²) in [6.45, 7) is 1.76. The third-order valence-electron chi connectivity index (χ3n) is 2.36. The molecule has 1 saturated heterocycles. The smallest absolute Gasteiger partial charge is 0.0667 e. The molecule has 0 spiro atoms. The van der Waals surface area contributed by atoms with E-state index in [0.717, 1.165) is 13.2 Å². The fraction of sp³-hybridized carbons (Fsp3) is 0.455. The highest BCUT2D eigenvalue weighted by molar-refractivity contribution is 14.1. The zero-order chi connectivity index (χ0) is 9.80. The Kier molecular flexibility index (Phi) is 3.64. The van der Waals surface area contributed by atoms with Crippen LogP contribution in [0.25, 0.3) is 0 Å². The van der Waals surface area contributed by atoms with Crippen molar-refractivity contribution in [1.29, 1.82) is 0 Å². The Morgan fingerprint density at radius 3 is 3.07 bits per heavy atom. The lowest BCUT2D eigenvalue weighted by molar-refractivity contribution is 0.0876. The van der Waals surface area contributed by atoms with Gasteiger partial charge < -0.3 is 10.1 Å². The fourth-order valence-corrected chi connectivity index (χ4v) is 2.21. The summed E-state index contributed by atoms with van der Waals surface area (Å²) in [4.78, 5) is 0. The lowest BCUT2D eigenvalue weighted by Crippen LogP contribution is -2.29. The summed E-state index contributed by atoms with van der Waals surface area (Å²) >= 11 is 2.33. The molecule has 2 rings (SSSR count). The van der Waals surface area contributed by atoms with E-state index < -0.39 is 0 Å². The molecule has 0 saturated carbocycles. The largest absolute Gasteiger partial charge is 0.380 e. The maximum absolute atomic E-state index is 5.42. The first-order valence-corrected chi connectivity index (χ1v) is 6.02. The molecular formula is C11H14INO. The quantitative estimate of drug-likeness (QED) is 0.848. The Hall–Kier alpha value is -0.290. The molecule has 0 bridgehead atoms. The maximum atomic E-state index is 5.42. The number of anilines is 1. The van der Waals surface area contributed by atoms with Gasteiger partial charge in [-0.05, 0) is 53.6 Å². The lowest BCUT2D eigenvalue weighted by Gasteiger charge is -2.24. The third-order valence-corrected chi connectivity index (χ3v) is 3.03. The Bertz CT molecular complexity index is 297. The first-order chi connectivity index (χ1) is 6.84. The monoisotopic (exact) mass is 303 g/mol. The molecule has 1 atom stereocenters. The number of hydrogen-bond donors (Lipinski definition) is 1. The molecule has 2 nitrogen and oxygen atoms in total. The second kappa shape index (κ2) is 4.98. The molecule has 1 aromatic carbocycles. The molecule has 0 aromatic heterocycles. The second-order valence-electron chi connectivity index (χ2n) is 3.57. The second-order valence-corrected chi connectivity index (χ2v) is 4.81. The van der Waals surface area contributed by atoms with Crippen LogP contribution in [-0.4, -0.2) is 19.3 Å². The zero-order valence-corrected chi connectivity index (χ0v) is 10.2. The van der Waals surface area contributed by atoms with E-state index in [1.807, 2.05) is 0 Å². The molecule has 1 aliphatic heterocycles. The van der Waals surface area contributed by atoms with Crippen molar-refractivity contribution in [3.63, 3.8) is 0 Å². The summed E-state index contributed by atoms with van der Waals surface area (Å²) in [5.41, 5.74) is 1.20. The lowest BCUT2D eigenvalue weighted by atomic mass is 10.1. The highest BCUT2D eigenvalue weighted by Gasteiger charge is 2.12. The first-order valence-electron chi connectivity index (χ1n) is 4.94. The Morgan fingerprint density at radius 2 is 2.36 bits per heavy atom. The Balaban J connectivity index is 1.95. The van der Waals surface area contributed by atoms with Crippen LogP contribution in [0.2, 0.25) is 0 Å². The van der Waals surface area contributed by atoms with Gasteiger partial charge in [0.1, 0.15) is 0 Å². The van der Waals surface area contributed by atoms with Crippen molar-refractivity contribution in [2.24, 2.45) is 0 Å². The van der Waals surface area contributed by atoms with E-state index >= 15 is 0 Å². The highest BCUT2D eigenvalue weighted by Crippen LogP contribution is 2.16. The summed E-state index contributed by atoms with van der Waals surface area (Å²) < 4.78 is 6.69. The average Bonchev–Trinajstić information content (AvgIpc) is 2.19. The Morgan fingerprint density at radius 1 is 1.43 bits per heavy atom. The molecule has 1 heterocycles. The van der Waals surface area contributed by atoms with Crippen LogP contribution in [0, 0.1) is 3.57 Å². The van der Waals surface area contributed by atoms with E-state index in [-0.39, 0.29) is 0 Å². The molecule has 76 valence electrons.